The van der Waals surface area contributed by atoms with Gasteiger partial charge in [-0.25, -0.2) is 0 Å². The van der Waals surface area contributed by atoms with Crippen LogP contribution >= 0.6 is 0 Å². The lowest BCUT2D eigenvalue weighted by molar-refractivity contribution is -0.162. The summed E-state index contributed by atoms with van der Waals surface area (Å²) in [7, 11) is 3.23. The number of Topliss-reactive ketones (excluding diaryl/α,β-unsaturated/α-hetero) is 1. The molecule has 1 atom stereocenters. The van der Waals surface area contributed by atoms with Crippen LogP contribution in [0.4, 0.5) is 0 Å². The van der Waals surface area contributed by atoms with Gasteiger partial charge in [-0.3, -0.25) is 4.79 Å². The Balaban J connectivity index is 1.42. The van der Waals surface area contributed by atoms with Gasteiger partial charge in [0, 0.05) is 29.6 Å². The third-order valence-electron chi connectivity index (χ3n) is 7.58. The van der Waals surface area contributed by atoms with Gasteiger partial charge in [0.05, 0.1) is 60.5 Å². The Morgan fingerprint density at radius 2 is 1.62 bits per heavy atom. The molecule has 0 bridgehead atoms. The molecule has 4 fully saturated rings. The van der Waals surface area contributed by atoms with Crippen molar-refractivity contribution in [3.63, 3.8) is 0 Å². The van der Waals surface area contributed by atoms with Gasteiger partial charge >= 0.3 is 0 Å². The molecule has 5 aliphatic rings. The molecule has 1 aromatic carbocycles. The van der Waals surface area contributed by atoms with Crippen molar-refractivity contribution in [3.8, 4) is 5.75 Å². The van der Waals surface area contributed by atoms with Gasteiger partial charge < -0.3 is 37.9 Å². The van der Waals surface area contributed by atoms with Crippen LogP contribution in [-0.4, -0.2) is 78.1 Å². The topological polar surface area (TPSA) is 90.9 Å². The average molecular weight is 551 g/mol. The van der Waals surface area contributed by atoms with Crippen molar-refractivity contribution < 1.29 is 42.7 Å². The number of hydrogen-bond donors (Lipinski definition) is 0. The largest absolute Gasteiger partial charge is 0.497 e. The Labute approximate surface area is 233 Å². The molecule has 2 aliphatic carbocycles. The first-order valence-electron chi connectivity index (χ1n) is 13.6. The summed E-state index contributed by atoms with van der Waals surface area (Å²) in [5.41, 5.74) is 4.55. The summed E-state index contributed by atoms with van der Waals surface area (Å²) in [6.45, 7) is 3.37. The van der Waals surface area contributed by atoms with Crippen molar-refractivity contribution in [2.45, 2.75) is 31.0 Å². The molecule has 40 heavy (non-hydrogen) atoms. The Morgan fingerprint density at radius 1 is 0.875 bits per heavy atom. The molecule has 3 aliphatic heterocycles. The summed E-state index contributed by atoms with van der Waals surface area (Å²) in [4.78, 5) is 14.1. The number of methoxy groups -OCH3 is 2. The Bertz CT molecular complexity index is 1290. The van der Waals surface area contributed by atoms with E-state index in [1.807, 2.05) is 48.6 Å². The van der Waals surface area contributed by atoms with Gasteiger partial charge in [0.25, 0.3) is 0 Å². The lowest BCUT2D eigenvalue weighted by atomic mass is 9.81. The predicted octanol–water partition coefficient (Wildman–Crippen LogP) is 3.97. The van der Waals surface area contributed by atoms with E-state index in [2.05, 4.69) is 0 Å². The number of benzene rings is 1. The number of fused-ring (bicyclic) bond motifs is 1. The first kappa shape index (κ1) is 27.1. The van der Waals surface area contributed by atoms with Gasteiger partial charge in [0.2, 0.25) is 0 Å². The van der Waals surface area contributed by atoms with Crippen LogP contribution in [0.1, 0.15) is 30.3 Å². The van der Waals surface area contributed by atoms with Crippen LogP contribution in [-0.2, 0) is 38.0 Å². The zero-order chi connectivity index (χ0) is 27.5. The Morgan fingerprint density at radius 3 is 2.38 bits per heavy atom. The molecule has 1 spiro atoms. The fraction of sp³-hybridized carbons (Fsp3) is 0.452. The van der Waals surface area contributed by atoms with Crippen LogP contribution in [0.2, 0.25) is 0 Å². The summed E-state index contributed by atoms with van der Waals surface area (Å²) >= 11 is 0. The van der Waals surface area contributed by atoms with Crippen LogP contribution in [0.25, 0.3) is 6.08 Å². The fourth-order valence-corrected chi connectivity index (χ4v) is 5.66. The van der Waals surface area contributed by atoms with E-state index in [-0.39, 0.29) is 11.9 Å². The maximum atomic E-state index is 14.1. The molecule has 1 aromatic rings. The van der Waals surface area contributed by atoms with Crippen LogP contribution in [0.15, 0.2) is 70.6 Å². The van der Waals surface area contributed by atoms with E-state index in [0.717, 1.165) is 22.3 Å². The Hall–Kier alpha value is -3.05. The summed E-state index contributed by atoms with van der Waals surface area (Å²) in [5.74, 6) is 0.346. The van der Waals surface area contributed by atoms with E-state index in [4.69, 9.17) is 37.9 Å². The zero-order valence-corrected chi connectivity index (χ0v) is 22.8. The van der Waals surface area contributed by atoms with Crippen molar-refractivity contribution in [1.82, 2.24) is 0 Å². The minimum Gasteiger partial charge on any atom is -0.497 e. The number of rotatable bonds is 5. The van der Waals surface area contributed by atoms with Crippen LogP contribution in [0, 0.1) is 0 Å². The predicted molar refractivity (Wildman–Crippen MR) is 144 cm³/mol. The van der Waals surface area contributed by atoms with E-state index < -0.39 is 12.1 Å². The Kier molecular flexibility index (Phi) is 8.02. The molecule has 3 heterocycles. The highest BCUT2D eigenvalue weighted by atomic mass is 16.7. The third kappa shape index (κ3) is 5.58. The fourth-order valence-electron chi connectivity index (χ4n) is 5.66. The number of carbonyl (C=O) groups is 1. The molecular weight excluding hydrogens is 516 g/mol. The third-order valence-corrected chi connectivity index (χ3v) is 7.58. The number of ketones is 1. The molecular formula is C31H34O9. The van der Waals surface area contributed by atoms with Crippen molar-refractivity contribution in [2.75, 3.05) is 60.5 Å². The molecule has 1 unspecified atom stereocenters. The van der Waals surface area contributed by atoms with E-state index in [0.29, 0.717) is 81.7 Å². The van der Waals surface area contributed by atoms with Crippen molar-refractivity contribution in [2.24, 2.45) is 0 Å². The molecule has 1 saturated carbocycles. The second-order valence-electron chi connectivity index (χ2n) is 10.2. The summed E-state index contributed by atoms with van der Waals surface area (Å²) < 4.78 is 46.8. The molecule has 3 saturated heterocycles. The number of ether oxygens (including phenoxy) is 8. The van der Waals surface area contributed by atoms with Gasteiger partial charge in [-0.15, -0.1) is 0 Å². The van der Waals surface area contributed by atoms with Crippen molar-refractivity contribution in [1.29, 1.82) is 0 Å². The zero-order valence-electron chi connectivity index (χ0n) is 22.8. The van der Waals surface area contributed by atoms with E-state index in [1.54, 1.807) is 14.2 Å². The second-order valence-corrected chi connectivity index (χ2v) is 10.2. The van der Waals surface area contributed by atoms with E-state index >= 15 is 0 Å². The van der Waals surface area contributed by atoms with Gasteiger partial charge in [-0.05, 0) is 59.2 Å². The monoisotopic (exact) mass is 550 g/mol. The maximum absolute atomic E-state index is 14.1. The lowest BCUT2D eigenvalue weighted by Gasteiger charge is -2.34. The lowest BCUT2D eigenvalue weighted by Crippen LogP contribution is -2.38. The normalized spacial score (nSPS) is 27.2. The molecule has 212 valence electrons. The summed E-state index contributed by atoms with van der Waals surface area (Å²) in [5, 5.41) is 0. The second kappa shape index (κ2) is 11.8. The standard InChI is InChI=1S/C31H34O9/c1-33-25-4-3-20-19-35-7-8-36-29(20)22(16-25)14-24-18-31(39-11-12-40-31)17-23(28(24)32)13-21-15-26(34-2)5-6-27(21)30-37-9-10-38-30/h3-6,13-16,29-30H,7-12,17-19H2,1-2H3/b23-13+,24-14+. The van der Waals surface area contributed by atoms with Gasteiger partial charge in [-0.1, -0.05) is 6.08 Å². The average Bonchev–Trinajstić information content (AvgIpc) is 3.57. The van der Waals surface area contributed by atoms with Crippen LogP contribution in [0.5, 0.6) is 5.75 Å². The number of carbonyl (C=O) groups excluding carboxylic acids is 1. The highest BCUT2D eigenvalue weighted by Gasteiger charge is 2.45. The highest BCUT2D eigenvalue weighted by Crippen LogP contribution is 2.42. The summed E-state index contributed by atoms with van der Waals surface area (Å²) in [6.07, 6.45) is 9.35. The first-order valence-corrected chi connectivity index (χ1v) is 13.6. The van der Waals surface area contributed by atoms with Crippen LogP contribution in [0.3, 0.4) is 0 Å². The van der Waals surface area contributed by atoms with Gasteiger partial charge in [0.1, 0.15) is 17.6 Å². The number of allylic oxidation sites excluding steroid dienone is 3. The number of hydrogen-bond acceptors (Lipinski definition) is 9. The first-order chi connectivity index (χ1) is 19.6. The van der Waals surface area contributed by atoms with Crippen molar-refractivity contribution in [3.05, 3.63) is 81.7 Å². The van der Waals surface area contributed by atoms with Gasteiger partial charge in [0.15, 0.2) is 17.9 Å². The minimum absolute atomic E-state index is 0.0738. The minimum atomic E-state index is -0.914. The maximum Gasteiger partial charge on any atom is 0.185 e. The molecule has 6 rings (SSSR count). The molecule has 9 heteroatoms. The molecule has 0 radical (unpaired) electrons. The molecule has 0 N–H and O–H groups in total. The van der Waals surface area contributed by atoms with Crippen molar-refractivity contribution >= 4 is 11.9 Å². The smallest absolute Gasteiger partial charge is 0.185 e. The van der Waals surface area contributed by atoms with Gasteiger partial charge in [-0.2, -0.15) is 0 Å². The van der Waals surface area contributed by atoms with Crippen LogP contribution < -0.4 is 4.74 Å². The van der Waals surface area contributed by atoms with E-state index in [9.17, 15) is 4.79 Å². The van der Waals surface area contributed by atoms with E-state index in [1.165, 1.54) is 0 Å². The SMILES string of the molecule is COC1=CC=C2COCCOC2C(/C=C2\CC3(C/C(=C\c4cc(OC)ccc4C4OCCO4)C2=O)OCCO3)=C1. The molecule has 9 nitrogen and oxygen atoms in total. The molecule has 0 aromatic heterocycles. The molecule has 0 amide bonds. The quantitative estimate of drug-likeness (QED) is 0.505. The highest BCUT2D eigenvalue weighted by molar-refractivity contribution is 6.12. The summed E-state index contributed by atoms with van der Waals surface area (Å²) in [6, 6.07) is 5.67.